The highest BCUT2D eigenvalue weighted by Gasteiger charge is 2.18. The second-order valence-corrected chi connectivity index (χ2v) is 7.61. The number of para-hydroxylation sites is 1. The largest absolute Gasteiger partial charge is 0.394 e. The summed E-state index contributed by atoms with van der Waals surface area (Å²) in [4.78, 5) is 17.3. The molecule has 3 N–H and O–H groups in total. The zero-order valence-electron chi connectivity index (χ0n) is 19.9. The van der Waals surface area contributed by atoms with Crippen LogP contribution < -0.4 is 10.6 Å². The van der Waals surface area contributed by atoms with Gasteiger partial charge in [0.2, 0.25) is 0 Å². The molecule has 6 heteroatoms. The van der Waals surface area contributed by atoms with E-state index in [0.29, 0.717) is 11.4 Å². The van der Waals surface area contributed by atoms with E-state index in [9.17, 15) is 9.90 Å². The monoisotopic (exact) mass is 456 g/mol. The van der Waals surface area contributed by atoms with E-state index < -0.39 is 6.04 Å². The number of hydrogen-bond acceptors (Lipinski definition) is 4. The van der Waals surface area contributed by atoms with Crippen molar-refractivity contribution in [3.8, 4) is 18.5 Å². The van der Waals surface area contributed by atoms with Crippen LogP contribution >= 0.6 is 0 Å². The van der Waals surface area contributed by atoms with E-state index in [1.54, 1.807) is 12.4 Å². The van der Waals surface area contributed by atoms with Crippen LogP contribution in [0, 0.1) is 19.8 Å². The lowest BCUT2D eigenvalue weighted by Crippen LogP contribution is -2.38. The minimum absolute atomic E-state index is 0.160. The number of nitrogens with one attached hydrogen (secondary N) is 2. The maximum atomic E-state index is 12.9. The molecule has 0 fully saturated rings. The number of anilines is 2. The van der Waals surface area contributed by atoms with Gasteiger partial charge in [0.15, 0.2) is 0 Å². The van der Waals surface area contributed by atoms with E-state index in [1.807, 2.05) is 85.3 Å². The molecule has 3 rings (SSSR count). The third-order valence-electron chi connectivity index (χ3n) is 5.13. The van der Waals surface area contributed by atoms with E-state index >= 15 is 0 Å². The number of aliphatic hydroxyl groups is 1. The van der Waals surface area contributed by atoms with Gasteiger partial charge in [0.25, 0.3) is 5.91 Å². The van der Waals surface area contributed by atoms with E-state index in [1.165, 1.54) is 0 Å². The van der Waals surface area contributed by atoms with Crippen molar-refractivity contribution >= 4 is 17.4 Å². The number of rotatable bonds is 9. The Balaban J connectivity index is 0.00000199. The predicted octanol–water partition coefficient (Wildman–Crippen LogP) is 5.18. The number of pyridine rings is 1. The maximum Gasteiger partial charge on any atom is 0.253 e. The summed E-state index contributed by atoms with van der Waals surface area (Å²) in [7, 11) is 0. The Kier molecular flexibility index (Phi) is 10.4. The number of terminal acetylenes is 1. The first-order valence-electron chi connectivity index (χ1n) is 11.1. The average molecular weight is 457 g/mol. The lowest BCUT2D eigenvalue weighted by molar-refractivity contribution is 0.0926. The summed E-state index contributed by atoms with van der Waals surface area (Å²) < 4.78 is 1.91. The topological polar surface area (TPSA) is 79.2 Å². The summed E-state index contributed by atoms with van der Waals surface area (Å²) in [5.74, 6) is 0.497. The molecule has 0 aliphatic carbocycles. The number of nitrogens with zero attached hydrogens (tertiary/aromatic N) is 2. The van der Waals surface area contributed by atoms with Crippen molar-refractivity contribution in [3.63, 3.8) is 0 Å². The van der Waals surface area contributed by atoms with Crippen LogP contribution in [0.4, 0.5) is 11.5 Å². The number of aliphatic hydroxyl groups excluding tert-OH is 1. The van der Waals surface area contributed by atoms with Gasteiger partial charge in [-0.3, -0.25) is 4.79 Å². The third kappa shape index (κ3) is 7.22. The first-order chi connectivity index (χ1) is 16.5. The Morgan fingerprint density at radius 3 is 2.62 bits per heavy atom. The molecular weight excluding hydrogens is 424 g/mol. The molecule has 0 radical (unpaired) electrons. The number of carbonyl (C=O) groups excluding carboxylic acids is 1. The molecule has 1 atom stereocenters. The maximum absolute atomic E-state index is 12.9. The minimum Gasteiger partial charge on any atom is -0.394 e. The molecule has 34 heavy (non-hydrogen) atoms. The van der Waals surface area contributed by atoms with Gasteiger partial charge < -0.3 is 20.3 Å². The van der Waals surface area contributed by atoms with Crippen LogP contribution in [0.15, 0.2) is 84.9 Å². The number of allylic oxidation sites excluding steroid dienone is 3. The molecule has 3 aromatic rings. The van der Waals surface area contributed by atoms with Crippen LogP contribution in [0.3, 0.4) is 0 Å². The molecule has 0 saturated carbocycles. The van der Waals surface area contributed by atoms with E-state index in [2.05, 4.69) is 35.4 Å². The van der Waals surface area contributed by atoms with Gasteiger partial charge in [-0.1, -0.05) is 43.4 Å². The molecule has 1 amide bonds. The number of aryl methyl sites for hydroxylation is 1. The summed E-state index contributed by atoms with van der Waals surface area (Å²) in [5.41, 5.74) is 4.15. The predicted molar refractivity (Wildman–Crippen MR) is 139 cm³/mol. The summed E-state index contributed by atoms with van der Waals surface area (Å²) >= 11 is 0. The van der Waals surface area contributed by atoms with Gasteiger partial charge in [-0.2, -0.15) is 0 Å². The molecular formula is C28H32N4O2. The van der Waals surface area contributed by atoms with Crippen molar-refractivity contribution in [1.82, 2.24) is 14.9 Å². The zero-order chi connectivity index (χ0) is 24.9. The van der Waals surface area contributed by atoms with Gasteiger partial charge in [0.1, 0.15) is 5.82 Å². The number of amides is 1. The first kappa shape index (κ1) is 26.2. The van der Waals surface area contributed by atoms with Crippen molar-refractivity contribution in [1.29, 1.82) is 0 Å². The standard InChI is InChI=1S/C26H30N4O2.C2H2/c1-4-5-7-10-19(2)24(18-31)29-26(32)23-17-30(16-20(23)3)22-13-14-27-25(15-22)28-21-11-8-6-9-12-21;1-2/h5-17,24,31H,4,18H2,1-3H3,(H,27,28)(H,29,32);1-2H/b7-5-,19-10+;/t24-;/m1./s1. The van der Waals surface area contributed by atoms with Gasteiger partial charge in [-0.05, 0) is 49.6 Å². The second kappa shape index (κ2) is 13.5. The van der Waals surface area contributed by atoms with Crippen molar-refractivity contribution in [3.05, 3.63) is 96.0 Å². The van der Waals surface area contributed by atoms with Crippen LogP contribution in [-0.4, -0.2) is 33.2 Å². The Hall–Kier alpha value is -4.08. The quantitative estimate of drug-likeness (QED) is 0.306. The fraction of sp³-hybridized carbons (Fsp3) is 0.214. The Morgan fingerprint density at radius 1 is 1.21 bits per heavy atom. The Labute approximate surface area is 202 Å². The molecule has 0 spiro atoms. The number of hydrogen-bond donors (Lipinski definition) is 3. The zero-order valence-corrected chi connectivity index (χ0v) is 19.9. The summed E-state index contributed by atoms with van der Waals surface area (Å²) in [6.45, 7) is 5.70. The highest BCUT2D eigenvalue weighted by atomic mass is 16.3. The Bertz CT molecular complexity index is 1140. The molecule has 2 heterocycles. The van der Waals surface area contributed by atoms with Gasteiger partial charge in [-0.15, -0.1) is 12.8 Å². The third-order valence-corrected chi connectivity index (χ3v) is 5.13. The number of benzene rings is 1. The van der Waals surface area contributed by atoms with E-state index in [-0.39, 0.29) is 12.5 Å². The molecule has 1 aromatic carbocycles. The van der Waals surface area contributed by atoms with Gasteiger partial charge in [-0.25, -0.2) is 4.98 Å². The van der Waals surface area contributed by atoms with Crippen LogP contribution in [0.2, 0.25) is 0 Å². The first-order valence-corrected chi connectivity index (χ1v) is 11.1. The number of aromatic nitrogens is 2. The van der Waals surface area contributed by atoms with Crippen LogP contribution in [0.5, 0.6) is 0 Å². The molecule has 0 bridgehead atoms. The van der Waals surface area contributed by atoms with Gasteiger partial charge in [0.05, 0.1) is 23.9 Å². The highest BCUT2D eigenvalue weighted by molar-refractivity contribution is 5.96. The van der Waals surface area contributed by atoms with Crippen molar-refractivity contribution in [2.75, 3.05) is 11.9 Å². The summed E-state index contributed by atoms with van der Waals surface area (Å²) in [6.07, 6.45) is 20.3. The number of carbonyl (C=O) groups is 1. The van der Waals surface area contributed by atoms with Crippen LogP contribution in [0.25, 0.3) is 5.69 Å². The second-order valence-electron chi connectivity index (χ2n) is 7.61. The SMILES string of the molecule is C#C.CC/C=C\C=C(/C)[C@@H](CO)NC(=O)c1cn(-c2ccnc(Nc3ccccc3)c2)cc1C. The van der Waals surface area contributed by atoms with Crippen molar-refractivity contribution in [2.45, 2.75) is 33.2 Å². The average Bonchev–Trinajstić information content (AvgIpc) is 3.26. The summed E-state index contributed by atoms with van der Waals surface area (Å²) in [6, 6.07) is 13.2. The molecule has 0 unspecified atom stereocenters. The fourth-order valence-electron chi connectivity index (χ4n) is 3.27. The lowest BCUT2D eigenvalue weighted by atomic mass is 10.1. The fourth-order valence-corrected chi connectivity index (χ4v) is 3.27. The summed E-state index contributed by atoms with van der Waals surface area (Å²) in [5, 5.41) is 16.0. The van der Waals surface area contributed by atoms with Crippen LogP contribution in [0.1, 0.15) is 36.2 Å². The Morgan fingerprint density at radius 2 is 1.94 bits per heavy atom. The van der Waals surface area contributed by atoms with E-state index in [0.717, 1.165) is 28.9 Å². The lowest BCUT2D eigenvalue weighted by Gasteiger charge is -2.17. The highest BCUT2D eigenvalue weighted by Crippen LogP contribution is 2.20. The van der Waals surface area contributed by atoms with E-state index in [4.69, 9.17) is 0 Å². The smallest absolute Gasteiger partial charge is 0.253 e. The molecule has 6 nitrogen and oxygen atoms in total. The van der Waals surface area contributed by atoms with Crippen molar-refractivity contribution in [2.24, 2.45) is 0 Å². The minimum atomic E-state index is -0.436. The van der Waals surface area contributed by atoms with Gasteiger partial charge in [0, 0.05) is 30.3 Å². The molecule has 0 aliphatic heterocycles. The molecule has 2 aromatic heterocycles. The molecule has 0 aliphatic rings. The van der Waals surface area contributed by atoms with Crippen LogP contribution in [-0.2, 0) is 0 Å². The molecule has 0 saturated heterocycles. The normalized spacial score (nSPS) is 12.0. The van der Waals surface area contributed by atoms with Gasteiger partial charge >= 0.3 is 0 Å². The van der Waals surface area contributed by atoms with Crippen molar-refractivity contribution < 1.29 is 9.90 Å². The molecule has 176 valence electrons.